The molecule has 2 unspecified atom stereocenters. The summed E-state index contributed by atoms with van der Waals surface area (Å²) in [5.74, 6) is 0.208. The van der Waals surface area contributed by atoms with Crippen LogP contribution in [0, 0.1) is 0 Å². The van der Waals surface area contributed by atoms with E-state index in [1.807, 2.05) is 24.8 Å². The Balaban J connectivity index is 2.76. The van der Waals surface area contributed by atoms with Crippen LogP contribution in [-0.4, -0.2) is 22.9 Å². The van der Waals surface area contributed by atoms with E-state index in [1.54, 1.807) is 0 Å². The number of carbonyl (C=O) groups excluding carboxylic acids is 1. The third-order valence-electron chi connectivity index (χ3n) is 2.96. The summed E-state index contributed by atoms with van der Waals surface area (Å²) < 4.78 is 0. The first-order chi connectivity index (χ1) is 6.07. The van der Waals surface area contributed by atoms with Crippen molar-refractivity contribution >= 4 is 5.91 Å². The molecule has 2 heteroatoms. The smallest absolute Gasteiger partial charge is 0.249 e. The van der Waals surface area contributed by atoms with Gasteiger partial charge in [0.1, 0.15) is 0 Å². The number of likely N-dealkylation sites (tertiary alicyclic amines) is 1. The number of allylic oxidation sites excluding steroid dienone is 1. The van der Waals surface area contributed by atoms with Gasteiger partial charge in [0.15, 0.2) is 0 Å². The molecule has 74 valence electrons. The van der Waals surface area contributed by atoms with Gasteiger partial charge in [-0.3, -0.25) is 4.79 Å². The van der Waals surface area contributed by atoms with Gasteiger partial charge in [-0.05, 0) is 40.5 Å². The maximum absolute atomic E-state index is 11.9. The number of carbonyl (C=O) groups is 1. The van der Waals surface area contributed by atoms with E-state index in [4.69, 9.17) is 0 Å². The molecule has 0 aliphatic carbocycles. The van der Waals surface area contributed by atoms with E-state index in [1.165, 1.54) is 0 Å². The Hall–Kier alpha value is -0.790. The summed E-state index contributed by atoms with van der Waals surface area (Å²) in [5.41, 5.74) is 0.862. The standard InChI is InChI=1S/C11H19NO/c1-5-8(2)11(13)12-9(3)6-7-10(12)4/h5,9-10H,6-7H2,1-4H3/b8-5-. The van der Waals surface area contributed by atoms with E-state index in [0.29, 0.717) is 12.1 Å². The highest BCUT2D eigenvalue weighted by Gasteiger charge is 2.31. The second kappa shape index (κ2) is 3.95. The molecule has 1 fully saturated rings. The van der Waals surface area contributed by atoms with Gasteiger partial charge in [-0.25, -0.2) is 0 Å². The molecular formula is C11H19NO. The summed E-state index contributed by atoms with van der Waals surface area (Å²) in [7, 11) is 0. The van der Waals surface area contributed by atoms with E-state index >= 15 is 0 Å². The summed E-state index contributed by atoms with van der Waals surface area (Å²) in [6.07, 6.45) is 4.17. The van der Waals surface area contributed by atoms with Gasteiger partial charge in [-0.1, -0.05) is 6.08 Å². The normalized spacial score (nSPS) is 29.5. The van der Waals surface area contributed by atoms with Gasteiger partial charge in [0.2, 0.25) is 5.91 Å². The number of hydrogen-bond donors (Lipinski definition) is 0. The van der Waals surface area contributed by atoms with Crippen LogP contribution in [0.2, 0.25) is 0 Å². The molecule has 1 aliphatic heterocycles. The molecule has 1 saturated heterocycles. The first-order valence-corrected chi connectivity index (χ1v) is 5.03. The number of hydrogen-bond acceptors (Lipinski definition) is 1. The van der Waals surface area contributed by atoms with Crippen molar-refractivity contribution < 1.29 is 4.79 Å². The summed E-state index contributed by atoms with van der Waals surface area (Å²) in [6.45, 7) is 8.06. The van der Waals surface area contributed by atoms with Crippen molar-refractivity contribution in [2.24, 2.45) is 0 Å². The van der Waals surface area contributed by atoms with Crippen LogP contribution in [0.5, 0.6) is 0 Å². The fraction of sp³-hybridized carbons (Fsp3) is 0.727. The maximum atomic E-state index is 11.9. The molecule has 0 bridgehead atoms. The molecule has 0 N–H and O–H groups in total. The lowest BCUT2D eigenvalue weighted by Crippen LogP contribution is -2.38. The summed E-state index contributed by atoms with van der Waals surface area (Å²) in [5, 5.41) is 0. The van der Waals surface area contributed by atoms with Crippen LogP contribution < -0.4 is 0 Å². The molecule has 1 heterocycles. The molecule has 13 heavy (non-hydrogen) atoms. The van der Waals surface area contributed by atoms with E-state index < -0.39 is 0 Å². The number of amides is 1. The highest BCUT2D eigenvalue weighted by atomic mass is 16.2. The molecular weight excluding hydrogens is 162 g/mol. The molecule has 2 atom stereocenters. The van der Waals surface area contributed by atoms with Crippen molar-refractivity contribution in [3.05, 3.63) is 11.6 Å². The summed E-state index contributed by atoms with van der Waals surface area (Å²) in [4.78, 5) is 13.9. The lowest BCUT2D eigenvalue weighted by atomic mass is 10.2. The Morgan fingerprint density at radius 2 is 1.77 bits per heavy atom. The largest absolute Gasteiger partial charge is 0.334 e. The zero-order chi connectivity index (χ0) is 10.0. The Bertz CT molecular complexity index is 222. The van der Waals surface area contributed by atoms with Crippen LogP contribution in [0.15, 0.2) is 11.6 Å². The highest BCUT2D eigenvalue weighted by Crippen LogP contribution is 2.24. The minimum Gasteiger partial charge on any atom is -0.334 e. The van der Waals surface area contributed by atoms with Crippen LogP contribution in [0.3, 0.4) is 0 Å². The second-order valence-electron chi connectivity index (χ2n) is 3.96. The Morgan fingerprint density at radius 1 is 1.31 bits per heavy atom. The molecule has 2 nitrogen and oxygen atoms in total. The SMILES string of the molecule is C/C=C(/C)C(=O)N1C(C)CCC1C. The van der Waals surface area contributed by atoms with Crippen molar-refractivity contribution in [1.29, 1.82) is 0 Å². The van der Waals surface area contributed by atoms with Gasteiger partial charge in [0.05, 0.1) is 0 Å². The predicted octanol–water partition coefficient (Wildman–Crippen LogP) is 2.35. The maximum Gasteiger partial charge on any atom is 0.249 e. The van der Waals surface area contributed by atoms with Crippen LogP contribution in [0.25, 0.3) is 0 Å². The first-order valence-electron chi connectivity index (χ1n) is 5.03. The number of nitrogens with zero attached hydrogens (tertiary/aromatic N) is 1. The second-order valence-corrected chi connectivity index (χ2v) is 3.96. The van der Waals surface area contributed by atoms with Crippen molar-refractivity contribution in [3.8, 4) is 0 Å². The Morgan fingerprint density at radius 3 is 2.15 bits per heavy atom. The molecule has 1 aliphatic rings. The molecule has 0 saturated carbocycles. The molecule has 0 spiro atoms. The van der Waals surface area contributed by atoms with Crippen molar-refractivity contribution in [2.45, 2.75) is 52.6 Å². The topological polar surface area (TPSA) is 20.3 Å². The minimum absolute atomic E-state index is 0.208. The van der Waals surface area contributed by atoms with Gasteiger partial charge in [0, 0.05) is 17.7 Å². The summed E-state index contributed by atoms with van der Waals surface area (Å²) in [6, 6.07) is 0.829. The first kappa shape index (κ1) is 10.3. The highest BCUT2D eigenvalue weighted by molar-refractivity contribution is 5.93. The molecule has 0 aromatic carbocycles. The zero-order valence-electron chi connectivity index (χ0n) is 9.00. The third kappa shape index (κ3) is 1.93. The average molecular weight is 181 g/mol. The van der Waals surface area contributed by atoms with E-state index in [-0.39, 0.29) is 5.91 Å². The number of rotatable bonds is 1. The summed E-state index contributed by atoms with van der Waals surface area (Å²) >= 11 is 0. The third-order valence-corrected chi connectivity index (χ3v) is 2.96. The fourth-order valence-corrected chi connectivity index (χ4v) is 1.92. The van der Waals surface area contributed by atoms with Crippen LogP contribution in [0.4, 0.5) is 0 Å². The van der Waals surface area contributed by atoms with Crippen molar-refractivity contribution in [3.63, 3.8) is 0 Å². The average Bonchev–Trinajstić information content (AvgIpc) is 2.44. The van der Waals surface area contributed by atoms with Gasteiger partial charge in [-0.15, -0.1) is 0 Å². The fourth-order valence-electron chi connectivity index (χ4n) is 1.92. The lowest BCUT2D eigenvalue weighted by Gasteiger charge is -2.26. The van der Waals surface area contributed by atoms with Crippen molar-refractivity contribution in [1.82, 2.24) is 4.90 Å². The predicted molar refractivity (Wildman–Crippen MR) is 54.4 cm³/mol. The monoisotopic (exact) mass is 181 g/mol. The minimum atomic E-state index is 0.208. The molecule has 1 amide bonds. The van der Waals surface area contributed by atoms with Gasteiger partial charge in [0.25, 0.3) is 0 Å². The molecule has 0 radical (unpaired) electrons. The van der Waals surface area contributed by atoms with E-state index in [9.17, 15) is 4.79 Å². The molecule has 1 rings (SSSR count). The van der Waals surface area contributed by atoms with Gasteiger partial charge < -0.3 is 4.90 Å². The van der Waals surface area contributed by atoms with Gasteiger partial charge in [-0.2, -0.15) is 0 Å². The van der Waals surface area contributed by atoms with Crippen molar-refractivity contribution in [2.75, 3.05) is 0 Å². The van der Waals surface area contributed by atoms with E-state index in [0.717, 1.165) is 18.4 Å². The Kier molecular flexibility index (Phi) is 3.12. The van der Waals surface area contributed by atoms with Crippen LogP contribution in [-0.2, 0) is 4.79 Å². The quantitative estimate of drug-likeness (QED) is 0.569. The van der Waals surface area contributed by atoms with Crippen LogP contribution in [0.1, 0.15) is 40.5 Å². The van der Waals surface area contributed by atoms with Gasteiger partial charge >= 0.3 is 0 Å². The molecule has 0 aromatic rings. The zero-order valence-corrected chi connectivity index (χ0v) is 9.00. The van der Waals surface area contributed by atoms with E-state index in [2.05, 4.69) is 13.8 Å². The Labute approximate surface area is 80.6 Å². The molecule has 0 aromatic heterocycles. The van der Waals surface area contributed by atoms with Crippen LogP contribution >= 0.6 is 0 Å². The lowest BCUT2D eigenvalue weighted by molar-refractivity contribution is -0.129.